The van der Waals surface area contributed by atoms with Crippen LogP contribution in [0.4, 0.5) is 5.95 Å². The number of rotatable bonds is 4. The average molecular weight is 486 g/mol. The van der Waals surface area contributed by atoms with Crippen LogP contribution in [0.15, 0.2) is 47.7 Å². The van der Waals surface area contributed by atoms with Crippen molar-refractivity contribution in [3.05, 3.63) is 69.9 Å². The van der Waals surface area contributed by atoms with E-state index in [0.717, 1.165) is 12.8 Å². The minimum atomic E-state index is -0.183. The van der Waals surface area contributed by atoms with Gasteiger partial charge in [-0.3, -0.25) is 14.2 Å². The van der Waals surface area contributed by atoms with Gasteiger partial charge in [0.2, 0.25) is 5.95 Å². The van der Waals surface area contributed by atoms with Crippen LogP contribution in [0.25, 0.3) is 11.4 Å². The Balaban J connectivity index is 1.52. The predicted molar refractivity (Wildman–Crippen MR) is 142 cm³/mol. The second-order valence-corrected chi connectivity index (χ2v) is 12.4. The van der Waals surface area contributed by atoms with Gasteiger partial charge in [-0.25, -0.2) is 15.0 Å². The molecule has 1 aromatic carbocycles. The maximum atomic E-state index is 13.7. The van der Waals surface area contributed by atoms with Crippen molar-refractivity contribution in [2.45, 2.75) is 71.8 Å². The SMILES string of the molecule is CC1(C)CN(CC(=O)c2ccc3c(c2)C(C)(C)CCC3(C)C)c2nc(-c3ccncn3)cc(=O)n2C1. The quantitative estimate of drug-likeness (QED) is 0.495. The zero-order valence-corrected chi connectivity index (χ0v) is 22.1. The smallest absolute Gasteiger partial charge is 0.255 e. The van der Waals surface area contributed by atoms with E-state index in [-0.39, 0.29) is 34.1 Å². The van der Waals surface area contributed by atoms with E-state index in [0.29, 0.717) is 36.0 Å². The molecule has 1 aliphatic carbocycles. The lowest BCUT2D eigenvalue weighted by Gasteiger charge is -2.42. The van der Waals surface area contributed by atoms with Gasteiger partial charge in [-0.15, -0.1) is 0 Å². The molecular weight excluding hydrogens is 450 g/mol. The largest absolute Gasteiger partial charge is 0.334 e. The van der Waals surface area contributed by atoms with Gasteiger partial charge in [0.15, 0.2) is 5.78 Å². The molecule has 188 valence electrons. The topological polar surface area (TPSA) is 81.0 Å². The van der Waals surface area contributed by atoms with Crippen LogP contribution < -0.4 is 10.5 Å². The molecule has 3 aromatic rings. The molecule has 0 amide bonds. The van der Waals surface area contributed by atoms with Gasteiger partial charge >= 0.3 is 0 Å². The Bertz CT molecular complexity index is 1390. The van der Waals surface area contributed by atoms with Gasteiger partial charge in [0, 0.05) is 36.3 Å². The van der Waals surface area contributed by atoms with E-state index in [4.69, 9.17) is 4.98 Å². The first kappa shape index (κ1) is 24.3. The lowest BCUT2D eigenvalue weighted by molar-refractivity contribution is 0.0993. The number of benzene rings is 1. The van der Waals surface area contributed by atoms with E-state index in [1.54, 1.807) is 16.8 Å². The minimum Gasteiger partial charge on any atom is -0.334 e. The highest BCUT2D eigenvalue weighted by molar-refractivity contribution is 5.99. The third kappa shape index (κ3) is 4.36. The van der Waals surface area contributed by atoms with Crippen LogP contribution in [0.1, 0.15) is 75.9 Å². The second-order valence-electron chi connectivity index (χ2n) is 12.4. The van der Waals surface area contributed by atoms with Gasteiger partial charge in [-0.2, -0.15) is 0 Å². The Morgan fingerprint density at radius 3 is 2.33 bits per heavy atom. The fourth-order valence-corrected chi connectivity index (χ4v) is 5.68. The first-order valence-electron chi connectivity index (χ1n) is 12.7. The summed E-state index contributed by atoms with van der Waals surface area (Å²) in [6.07, 6.45) is 5.30. The number of fused-ring (bicyclic) bond motifs is 2. The van der Waals surface area contributed by atoms with E-state index in [9.17, 15) is 9.59 Å². The van der Waals surface area contributed by atoms with Crippen molar-refractivity contribution >= 4 is 11.7 Å². The average Bonchev–Trinajstić information content (AvgIpc) is 2.82. The summed E-state index contributed by atoms with van der Waals surface area (Å²) < 4.78 is 1.68. The molecule has 1 aliphatic heterocycles. The Kier molecular flexibility index (Phi) is 5.65. The van der Waals surface area contributed by atoms with Crippen LogP contribution in [-0.2, 0) is 17.4 Å². The fourth-order valence-electron chi connectivity index (χ4n) is 5.68. The molecule has 0 unspecified atom stereocenters. The molecule has 0 saturated carbocycles. The minimum absolute atomic E-state index is 0.0299. The lowest BCUT2D eigenvalue weighted by Crippen LogP contribution is -2.49. The number of hydrogen-bond acceptors (Lipinski definition) is 6. The lowest BCUT2D eigenvalue weighted by atomic mass is 9.63. The molecule has 0 fully saturated rings. The van der Waals surface area contributed by atoms with Crippen molar-refractivity contribution in [2.24, 2.45) is 5.41 Å². The highest BCUT2D eigenvalue weighted by Crippen LogP contribution is 2.46. The summed E-state index contributed by atoms with van der Waals surface area (Å²) in [4.78, 5) is 41.7. The van der Waals surface area contributed by atoms with Crippen molar-refractivity contribution in [1.82, 2.24) is 19.5 Å². The predicted octanol–water partition coefficient (Wildman–Crippen LogP) is 4.78. The van der Waals surface area contributed by atoms with Gasteiger partial charge in [0.25, 0.3) is 5.56 Å². The van der Waals surface area contributed by atoms with E-state index >= 15 is 0 Å². The Morgan fingerprint density at radius 1 is 0.917 bits per heavy atom. The number of carbonyl (C=O) groups is 1. The number of hydrogen-bond donors (Lipinski definition) is 0. The summed E-state index contributed by atoms with van der Waals surface area (Å²) in [6.45, 7) is 14.7. The number of aromatic nitrogens is 4. The van der Waals surface area contributed by atoms with Crippen LogP contribution in [0.3, 0.4) is 0 Å². The molecule has 2 aliphatic rings. The van der Waals surface area contributed by atoms with Crippen molar-refractivity contribution < 1.29 is 4.79 Å². The third-order valence-electron chi connectivity index (χ3n) is 7.83. The second kappa shape index (κ2) is 8.36. The standard InChI is InChI=1S/C29H35N5O2/c1-27(2)16-33(26-32-23(14-25(36)34(26)17-27)22-9-12-30-18-31-22)15-24(35)19-7-8-20-21(13-19)29(5,6)11-10-28(20,3)4/h7-9,12-14,18H,10-11,15-17H2,1-6H3. The van der Waals surface area contributed by atoms with Crippen LogP contribution in [0.2, 0.25) is 0 Å². The van der Waals surface area contributed by atoms with E-state index < -0.39 is 0 Å². The Hall–Kier alpha value is -3.35. The summed E-state index contributed by atoms with van der Waals surface area (Å²) in [5, 5.41) is 0. The van der Waals surface area contributed by atoms with Gasteiger partial charge < -0.3 is 4.90 Å². The monoisotopic (exact) mass is 485 g/mol. The molecule has 0 bridgehead atoms. The van der Waals surface area contributed by atoms with Crippen molar-refractivity contribution in [3.63, 3.8) is 0 Å². The Labute approximate surface area is 212 Å². The van der Waals surface area contributed by atoms with Crippen LogP contribution in [0.5, 0.6) is 0 Å². The molecule has 7 nitrogen and oxygen atoms in total. The van der Waals surface area contributed by atoms with Gasteiger partial charge in [-0.1, -0.05) is 53.7 Å². The molecule has 2 aromatic heterocycles. The van der Waals surface area contributed by atoms with Crippen LogP contribution >= 0.6 is 0 Å². The molecule has 0 N–H and O–H groups in total. The molecule has 3 heterocycles. The normalized spacial score (nSPS) is 19.3. The number of nitrogens with zero attached hydrogens (tertiary/aromatic N) is 5. The molecule has 5 rings (SSSR count). The zero-order valence-electron chi connectivity index (χ0n) is 22.1. The van der Waals surface area contributed by atoms with Gasteiger partial charge in [0.1, 0.15) is 6.33 Å². The third-order valence-corrected chi connectivity index (χ3v) is 7.83. The van der Waals surface area contributed by atoms with Crippen molar-refractivity contribution in [2.75, 3.05) is 18.0 Å². The maximum Gasteiger partial charge on any atom is 0.255 e. The van der Waals surface area contributed by atoms with Gasteiger partial charge in [-0.05, 0) is 46.9 Å². The highest BCUT2D eigenvalue weighted by Gasteiger charge is 2.38. The molecular formula is C29H35N5O2. The number of carbonyl (C=O) groups excluding carboxylic acids is 1. The summed E-state index contributed by atoms with van der Waals surface area (Å²) >= 11 is 0. The number of ketones is 1. The van der Waals surface area contributed by atoms with Crippen molar-refractivity contribution in [1.29, 1.82) is 0 Å². The zero-order chi connectivity index (χ0) is 25.9. The number of Topliss-reactive ketones (excluding diaryl/α,β-unsaturated/α-hetero) is 1. The summed E-state index contributed by atoms with van der Waals surface area (Å²) in [5.41, 5.74) is 4.20. The Morgan fingerprint density at radius 2 is 1.64 bits per heavy atom. The summed E-state index contributed by atoms with van der Waals surface area (Å²) in [7, 11) is 0. The molecule has 36 heavy (non-hydrogen) atoms. The van der Waals surface area contributed by atoms with E-state index in [1.807, 2.05) is 11.0 Å². The first-order valence-corrected chi connectivity index (χ1v) is 12.7. The molecule has 0 saturated heterocycles. The molecule has 0 radical (unpaired) electrons. The molecule has 7 heteroatoms. The van der Waals surface area contributed by atoms with Gasteiger partial charge in [0.05, 0.1) is 17.9 Å². The molecule has 0 spiro atoms. The number of anilines is 1. The summed E-state index contributed by atoms with van der Waals surface area (Å²) in [5.74, 6) is 0.547. The van der Waals surface area contributed by atoms with E-state index in [2.05, 4.69) is 63.6 Å². The van der Waals surface area contributed by atoms with Crippen LogP contribution in [-0.4, -0.2) is 38.4 Å². The highest BCUT2D eigenvalue weighted by atomic mass is 16.1. The van der Waals surface area contributed by atoms with Crippen LogP contribution in [0, 0.1) is 5.41 Å². The summed E-state index contributed by atoms with van der Waals surface area (Å²) in [6, 6.07) is 9.47. The van der Waals surface area contributed by atoms with Crippen molar-refractivity contribution in [3.8, 4) is 11.4 Å². The fraction of sp³-hybridized carbons (Fsp3) is 0.483. The van der Waals surface area contributed by atoms with E-state index in [1.165, 1.54) is 23.5 Å². The first-order chi connectivity index (χ1) is 16.9. The molecule has 0 atom stereocenters. The maximum absolute atomic E-state index is 13.7.